The van der Waals surface area contributed by atoms with Crippen LogP contribution in [0.15, 0.2) is 30.3 Å². The molecule has 1 saturated carbocycles. The second-order valence-electron chi connectivity index (χ2n) is 5.16. The zero-order valence-electron chi connectivity index (χ0n) is 11.0. The molecule has 2 atom stereocenters. The van der Waals surface area contributed by atoms with E-state index in [4.69, 9.17) is 9.47 Å². The van der Waals surface area contributed by atoms with Crippen molar-refractivity contribution in [3.63, 3.8) is 0 Å². The van der Waals surface area contributed by atoms with Crippen molar-refractivity contribution in [1.29, 1.82) is 0 Å². The lowest BCUT2D eigenvalue weighted by Gasteiger charge is -2.12. The van der Waals surface area contributed by atoms with Crippen molar-refractivity contribution >= 4 is 17.7 Å². The van der Waals surface area contributed by atoms with Crippen LogP contribution in [0.4, 0.5) is 0 Å². The first kappa shape index (κ1) is 12.8. The number of esters is 2. The van der Waals surface area contributed by atoms with Crippen LogP contribution in [-0.2, 0) is 19.1 Å². The molecule has 0 unspecified atom stereocenters. The van der Waals surface area contributed by atoms with Crippen LogP contribution in [-0.4, -0.2) is 30.9 Å². The third-order valence-electron chi connectivity index (χ3n) is 4.15. The fourth-order valence-corrected chi connectivity index (χ4v) is 2.96. The molecular formula is C15H14O5. The number of ketones is 1. The maximum Gasteiger partial charge on any atom is 0.321 e. The molecule has 0 spiro atoms. The van der Waals surface area contributed by atoms with Gasteiger partial charge in [-0.15, -0.1) is 0 Å². The number of hydrogen-bond donors (Lipinski definition) is 0. The Kier molecular flexibility index (Phi) is 2.67. The van der Waals surface area contributed by atoms with Crippen LogP contribution < -0.4 is 0 Å². The van der Waals surface area contributed by atoms with Crippen LogP contribution in [0.1, 0.15) is 23.7 Å². The standard InChI is InChI=1S/C15H14O5/c1-2-19-12(17)14-8-15(14,13(18)20-9-14)11(16)10-6-4-3-5-7-10/h3-7H,2,8-9H2,1H3/t14-,15-/m0/s1. The summed E-state index contributed by atoms with van der Waals surface area (Å²) in [4.78, 5) is 36.7. The highest BCUT2D eigenvalue weighted by molar-refractivity contribution is 6.21. The Morgan fingerprint density at radius 1 is 1.30 bits per heavy atom. The van der Waals surface area contributed by atoms with Crippen LogP contribution >= 0.6 is 0 Å². The Labute approximate surface area is 115 Å². The summed E-state index contributed by atoms with van der Waals surface area (Å²) in [6.45, 7) is 1.84. The second-order valence-corrected chi connectivity index (χ2v) is 5.16. The van der Waals surface area contributed by atoms with Gasteiger partial charge in [-0.2, -0.15) is 0 Å². The number of rotatable bonds is 4. The van der Waals surface area contributed by atoms with Gasteiger partial charge in [0.15, 0.2) is 11.2 Å². The zero-order chi connectivity index (χ0) is 14.4. The molecule has 1 heterocycles. The van der Waals surface area contributed by atoms with Gasteiger partial charge in [-0.25, -0.2) is 0 Å². The lowest BCUT2D eigenvalue weighted by Crippen LogP contribution is -2.32. The van der Waals surface area contributed by atoms with Crippen LogP contribution in [0.3, 0.4) is 0 Å². The van der Waals surface area contributed by atoms with Crippen LogP contribution in [0, 0.1) is 10.8 Å². The molecule has 1 aliphatic heterocycles. The largest absolute Gasteiger partial charge is 0.465 e. The lowest BCUT2D eigenvalue weighted by atomic mass is 9.87. The first-order valence-corrected chi connectivity index (χ1v) is 6.53. The molecule has 1 aromatic rings. The van der Waals surface area contributed by atoms with Crippen LogP contribution in [0.25, 0.3) is 0 Å². The van der Waals surface area contributed by atoms with Gasteiger partial charge in [0, 0.05) is 5.56 Å². The highest BCUT2D eigenvalue weighted by Crippen LogP contribution is 2.70. The van der Waals surface area contributed by atoms with Crippen molar-refractivity contribution in [2.24, 2.45) is 10.8 Å². The van der Waals surface area contributed by atoms with E-state index < -0.39 is 22.8 Å². The lowest BCUT2D eigenvalue weighted by molar-refractivity contribution is -0.150. The summed E-state index contributed by atoms with van der Waals surface area (Å²) in [6, 6.07) is 8.50. The molecule has 2 aliphatic rings. The summed E-state index contributed by atoms with van der Waals surface area (Å²) in [6.07, 6.45) is 0.186. The van der Waals surface area contributed by atoms with Crippen molar-refractivity contribution in [3.05, 3.63) is 35.9 Å². The summed E-state index contributed by atoms with van der Waals surface area (Å²) in [5.74, 6) is -1.48. The Morgan fingerprint density at radius 3 is 2.65 bits per heavy atom. The molecule has 5 heteroatoms. The molecule has 3 rings (SSSR count). The highest BCUT2D eigenvalue weighted by Gasteiger charge is 2.85. The SMILES string of the molecule is CCOC(=O)[C@]12COC(=O)[C@@]1(C(=O)c1ccccc1)C2. The fourth-order valence-electron chi connectivity index (χ4n) is 2.96. The first-order chi connectivity index (χ1) is 9.58. The molecule has 20 heavy (non-hydrogen) atoms. The fraction of sp³-hybridized carbons (Fsp3) is 0.400. The maximum absolute atomic E-state index is 12.6. The average molecular weight is 274 g/mol. The van der Waals surface area contributed by atoms with Crippen molar-refractivity contribution in [2.45, 2.75) is 13.3 Å². The van der Waals surface area contributed by atoms with E-state index in [1.807, 2.05) is 0 Å². The van der Waals surface area contributed by atoms with Crippen molar-refractivity contribution in [1.82, 2.24) is 0 Å². The topological polar surface area (TPSA) is 69.7 Å². The second kappa shape index (κ2) is 4.16. The third kappa shape index (κ3) is 1.40. The van der Waals surface area contributed by atoms with Crippen LogP contribution in [0.5, 0.6) is 0 Å². The van der Waals surface area contributed by atoms with E-state index in [9.17, 15) is 14.4 Å². The van der Waals surface area contributed by atoms with Crippen molar-refractivity contribution < 1.29 is 23.9 Å². The molecule has 2 fully saturated rings. The quantitative estimate of drug-likeness (QED) is 0.471. The number of hydrogen-bond acceptors (Lipinski definition) is 5. The molecule has 0 amide bonds. The van der Waals surface area contributed by atoms with Gasteiger partial charge in [0.05, 0.1) is 6.61 Å². The van der Waals surface area contributed by atoms with Gasteiger partial charge in [-0.3, -0.25) is 14.4 Å². The number of carbonyl (C=O) groups is 3. The van der Waals surface area contributed by atoms with Gasteiger partial charge in [0.2, 0.25) is 0 Å². The van der Waals surface area contributed by atoms with E-state index in [0.717, 1.165) is 0 Å². The predicted octanol–water partition coefficient (Wildman–Crippen LogP) is 1.37. The molecule has 104 valence electrons. The van der Waals surface area contributed by atoms with E-state index in [0.29, 0.717) is 5.56 Å². The molecule has 0 radical (unpaired) electrons. The minimum atomic E-state index is -1.37. The third-order valence-corrected chi connectivity index (χ3v) is 4.15. The smallest absolute Gasteiger partial charge is 0.321 e. The molecule has 1 aromatic carbocycles. The minimum absolute atomic E-state index is 0.0662. The summed E-state index contributed by atoms with van der Waals surface area (Å²) in [5, 5.41) is 0. The Bertz CT molecular complexity index is 594. The van der Waals surface area contributed by atoms with E-state index in [-0.39, 0.29) is 25.4 Å². The molecule has 0 bridgehead atoms. The van der Waals surface area contributed by atoms with E-state index in [1.165, 1.54) is 0 Å². The minimum Gasteiger partial charge on any atom is -0.465 e. The maximum atomic E-state index is 12.6. The average Bonchev–Trinajstić information content (AvgIpc) is 3.09. The number of benzene rings is 1. The van der Waals surface area contributed by atoms with Gasteiger partial charge in [0.1, 0.15) is 12.0 Å². The summed E-state index contributed by atoms with van der Waals surface area (Å²) >= 11 is 0. The monoisotopic (exact) mass is 274 g/mol. The zero-order valence-corrected chi connectivity index (χ0v) is 11.0. The molecule has 1 saturated heterocycles. The van der Waals surface area contributed by atoms with E-state index in [2.05, 4.69) is 0 Å². The van der Waals surface area contributed by atoms with Gasteiger partial charge >= 0.3 is 11.9 Å². The molecule has 5 nitrogen and oxygen atoms in total. The van der Waals surface area contributed by atoms with Crippen molar-refractivity contribution in [3.8, 4) is 0 Å². The predicted molar refractivity (Wildman–Crippen MR) is 67.8 cm³/mol. The Hall–Kier alpha value is -2.17. The van der Waals surface area contributed by atoms with Gasteiger partial charge in [-0.05, 0) is 13.3 Å². The number of Topliss-reactive ketones (excluding diaryl/α,β-unsaturated/α-hetero) is 1. The summed E-state index contributed by atoms with van der Waals surface area (Å²) in [7, 11) is 0. The van der Waals surface area contributed by atoms with E-state index in [1.54, 1.807) is 37.3 Å². The highest BCUT2D eigenvalue weighted by atomic mass is 16.6. The first-order valence-electron chi connectivity index (χ1n) is 6.53. The molecule has 0 aromatic heterocycles. The number of carbonyl (C=O) groups excluding carboxylic acids is 3. The molecular weight excluding hydrogens is 260 g/mol. The Balaban J connectivity index is 1.97. The van der Waals surface area contributed by atoms with Gasteiger partial charge in [-0.1, -0.05) is 30.3 Å². The van der Waals surface area contributed by atoms with Crippen LogP contribution in [0.2, 0.25) is 0 Å². The number of cyclic esters (lactones) is 1. The van der Waals surface area contributed by atoms with Gasteiger partial charge < -0.3 is 9.47 Å². The van der Waals surface area contributed by atoms with Crippen molar-refractivity contribution in [2.75, 3.05) is 13.2 Å². The van der Waals surface area contributed by atoms with Gasteiger partial charge in [0.25, 0.3) is 0 Å². The summed E-state index contributed by atoms with van der Waals surface area (Å²) in [5.41, 5.74) is -2.08. The normalized spacial score (nSPS) is 30.4. The summed E-state index contributed by atoms with van der Waals surface area (Å²) < 4.78 is 9.98. The number of fused-ring (bicyclic) bond motifs is 1. The Morgan fingerprint density at radius 2 is 2.00 bits per heavy atom. The molecule has 1 aliphatic carbocycles. The van der Waals surface area contributed by atoms with E-state index >= 15 is 0 Å². The molecule has 0 N–H and O–H groups in total. The number of ether oxygens (including phenoxy) is 2.